The molecule has 2 aromatic heterocycles. The van der Waals surface area contributed by atoms with Gasteiger partial charge in [0.05, 0.1) is 4.92 Å². The second kappa shape index (κ2) is 5.29. The van der Waals surface area contributed by atoms with E-state index < -0.39 is 4.92 Å². The standard InChI is InChI=1S/C13H8ClN5O2/c14-13-16-7-11(19(20)21)12(18-13)17-10-3-1-2-8-6-15-5-4-9(8)10/h1-7H,(H,16,17,18). The maximum Gasteiger partial charge on any atom is 0.329 e. The topological polar surface area (TPSA) is 93.8 Å². The Bertz CT molecular complexity index is 834. The van der Waals surface area contributed by atoms with Crippen molar-refractivity contribution in [3.8, 4) is 0 Å². The molecule has 2 heterocycles. The first-order valence-electron chi connectivity index (χ1n) is 5.92. The number of rotatable bonds is 3. The third-order valence-corrected chi connectivity index (χ3v) is 3.05. The van der Waals surface area contributed by atoms with Gasteiger partial charge in [-0.25, -0.2) is 4.98 Å². The number of hydrogen-bond acceptors (Lipinski definition) is 6. The number of aromatic nitrogens is 3. The van der Waals surface area contributed by atoms with E-state index in [1.807, 2.05) is 18.2 Å². The fourth-order valence-electron chi connectivity index (χ4n) is 1.94. The summed E-state index contributed by atoms with van der Waals surface area (Å²) in [5.41, 5.74) is 0.429. The number of nitrogens with one attached hydrogen (secondary N) is 1. The summed E-state index contributed by atoms with van der Waals surface area (Å²) in [5, 5.41) is 15.7. The number of fused-ring (bicyclic) bond motifs is 1. The zero-order valence-corrected chi connectivity index (χ0v) is 11.3. The SMILES string of the molecule is O=[N+]([O-])c1cnc(Cl)nc1Nc1cccc2cnccc12. The highest BCUT2D eigenvalue weighted by Gasteiger charge is 2.17. The number of nitrogens with zero attached hydrogens (tertiary/aromatic N) is 4. The number of benzene rings is 1. The molecule has 0 bridgehead atoms. The fourth-order valence-corrected chi connectivity index (χ4v) is 2.07. The predicted molar refractivity (Wildman–Crippen MR) is 78.7 cm³/mol. The molecule has 0 aliphatic rings. The summed E-state index contributed by atoms with van der Waals surface area (Å²) in [6.07, 6.45) is 4.43. The zero-order chi connectivity index (χ0) is 14.8. The molecule has 0 fully saturated rings. The van der Waals surface area contributed by atoms with Crippen LogP contribution in [-0.2, 0) is 0 Å². The van der Waals surface area contributed by atoms with Crippen molar-refractivity contribution in [1.82, 2.24) is 15.0 Å². The molecule has 1 aromatic carbocycles. The lowest BCUT2D eigenvalue weighted by Crippen LogP contribution is -2.01. The van der Waals surface area contributed by atoms with Crippen LogP contribution < -0.4 is 5.32 Å². The van der Waals surface area contributed by atoms with Gasteiger partial charge in [-0.1, -0.05) is 12.1 Å². The molecule has 0 amide bonds. The Kier molecular flexibility index (Phi) is 3.33. The van der Waals surface area contributed by atoms with E-state index in [2.05, 4.69) is 20.3 Å². The van der Waals surface area contributed by atoms with E-state index in [0.717, 1.165) is 17.0 Å². The normalized spacial score (nSPS) is 10.5. The molecule has 0 aliphatic carbocycles. The monoisotopic (exact) mass is 301 g/mol. The highest BCUT2D eigenvalue weighted by atomic mass is 35.5. The van der Waals surface area contributed by atoms with Crippen molar-refractivity contribution in [2.75, 3.05) is 5.32 Å². The van der Waals surface area contributed by atoms with Crippen molar-refractivity contribution in [3.63, 3.8) is 0 Å². The van der Waals surface area contributed by atoms with Crippen LogP contribution in [0.3, 0.4) is 0 Å². The third-order valence-electron chi connectivity index (χ3n) is 2.87. The van der Waals surface area contributed by atoms with Crippen molar-refractivity contribution >= 4 is 39.6 Å². The van der Waals surface area contributed by atoms with E-state index in [1.54, 1.807) is 18.5 Å². The molecule has 104 valence electrons. The lowest BCUT2D eigenvalue weighted by atomic mass is 10.1. The van der Waals surface area contributed by atoms with Gasteiger partial charge in [0, 0.05) is 28.9 Å². The van der Waals surface area contributed by atoms with Crippen LogP contribution in [-0.4, -0.2) is 19.9 Å². The first kappa shape index (κ1) is 13.2. The highest BCUT2D eigenvalue weighted by Crippen LogP contribution is 2.29. The predicted octanol–water partition coefficient (Wildman–Crippen LogP) is 3.33. The van der Waals surface area contributed by atoms with Gasteiger partial charge >= 0.3 is 5.69 Å². The first-order chi connectivity index (χ1) is 10.1. The minimum absolute atomic E-state index is 0.0457. The van der Waals surface area contributed by atoms with Crippen LogP contribution in [0.5, 0.6) is 0 Å². The van der Waals surface area contributed by atoms with Gasteiger partial charge in [0.2, 0.25) is 11.1 Å². The lowest BCUT2D eigenvalue weighted by Gasteiger charge is -2.09. The molecule has 3 aromatic rings. The van der Waals surface area contributed by atoms with Crippen molar-refractivity contribution in [3.05, 3.63) is 58.3 Å². The Morgan fingerprint density at radius 1 is 1.24 bits per heavy atom. The second-order valence-electron chi connectivity index (χ2n) is 4.16. The molecule has 0 radical (unpaired) electrons. The first-order valence-corrected chi connectivity index (χ1v) is 6.29. The van der Waals surface area contributed by atoms with Crippen molar-refractivity contribution in [2.45, 2.75) is 0 Å². The average molecular weight is 302 g/mol. The quantitative estimate of drug-likeness (QED) is 0.453. The van der Waals surface area contributed by atoms with Crippen LogP contribution >= 0.6 is 11.6 Å². The largest absolute Gasteiger partial charge is 0.334 e. The van der Waals surface area contributed by atoms with Crippen molar-refractivity contribution in [1.29, 1.82) is 0 Å². The summed E-state index contributed by atoms with van der Waals surface area (Å²) < 4.78 is 0. The second-order valence-corrected chi connectivity index (χ2v) is 4.50. The molecule has 1 N–H and O–H groups in total. The molecule has 21 heavy (non-hydrogen) atoms. The Hall–Kier alpha value is -2.80. The third kappa shape index (κ3) is 2.59. The van der Waals surface area contributed by atoms with Gasteiger partial charge in [0.1, 0.15) is 6.20 Å². The summed E-state index contributed by atoms with van der Waals surface area (Å²) in [6.45, 7) is 0. The van der Waals surface area contributed by atoms with Gasteiger partial charge in [-0.3, -0.25) is 15.1 Å². The number of hydrogen-bond donors (Lipinski definition) is 1. The van der Waals surface area contributed by atoms with E-state index in [4.69, 9.17) is 11.6 Å². The minimum atomic E-state index is -0.564. The molecule has 0 spiro atoms. The zero-order valence-electron chi connectivity index (χ0n) is 10.5. The summed E-state index contributed by atoms with van der Waals surface area (Å²) in [6, 6.07) is 7.32. The lowest BCUT2D eigenvalue weighted by molar-refractivity contribution is -0.384. The van der Waals surface area contributed by atoms with E-state index in [-0.39, 0.29) is 16.8 Å². The molecule has 3 rings (SSSR count). The Labute approximate surface area is 123 Å². The Balaban J connectivity index is 2.11. The molecular formula is C13H8ClN5O2. The smallest absolute Gasteiger partial charge is 0.329 e. The van der Waals surface area contributed by atoms with Gasteiger partial charge < -0.3 is 5.32 Å². The maximum atomic E-state index is 11.0. The van der Waals surface area contributed by atoms with Crippen molar-refractivity contribution in [2.24, 2.45) is 0 Å². The molecular weight excluding hydrogens is 294 g/mol. The maximum absolute atomic E-state index is 11.0. The summed E-state index contributed by atoms with van der Waals surface area (Å²) in [4.78, 5) is 22.0. The van der Waals surface area contributed by atoms with E-state index in [9.17, 15) is 10.1 Å². The molecule has 0 saturated carbocycles. The molecule has 0 atom stereocenters. The molecule has 0 unspecified atom stereocenters. The van der Waals surface area contributed by atoms with Crippen molar-refractivity contribution < 1.29 is 4.92 Å². The number of nitro groups is 1. The molecule has 0 aliphatic heterocycles. The van der Waals surface area contributed by atoms with Crippen LogP contribution in [0, 0.1) is 10.1 Å². The fraction of sp³-hybridized carbons (Fsp3) is 0. The van der Waals surface area contributed by atoms with Gasteiger partial charge in [0.15, 0.2) is 0 Å². The average Bonchev–Trinajstić information content (AvgIpc) is 2.47. The molecule has 0 saturated heterocycles. The number of anilines is 2. The highest BCUT2D eigenvalue weighted by molar-refractivity contribution is 6.28. The molecule has 7 nitrogen and oxygen atoms in total. The van der Waals surface area contributed by atoms with Gasteiger partial charge in [-0.15, -0.1) is 0 Å². The van der Waals surface area contributed by atoms with Crippen LogP contribution in [0.2, 0.25) is 5.28 Å². The number of halogens is 1. The summed E-state index contributed by atoms with van der Waals surface area (Å²) in [5.74, 6) is 0.0457. The van der Waals surface area contributed by atoms with E-state index in [1.165, 1.54) is 0 Å². The van der Waals surface area contributed by atoms with E-state index >= 15 is 0 Å². The van der Waals surface area contributed by atoms with Gasteiger partial charge in [-0.2, -0.15) is 4.98 Å². The number of pyridine rings is 1. The van der Waals surface area contributed by atoms with Crippen LogP contribution in [0.15, 0.2) is 42.9 Å². The van der Waals surface area contributed by atoms with Crippen LogP contribution in [0.25, 0.3) is 10.8 Å². The Morgan fingerprint density at radius 3 is 2.90 bits per heavy atom. The van der Waals surface area contributed by atoms with E-state index in [0.29, 0.717) is 5.69 Å². The van der Waals surface area contributed by atoms with Gasteiger partial charge in [-0.05, 0) is 23.7 Å². The van der Waals surface area contributed by atoms with Crippen LogP contribution in [0.4, 0.5) is 17.2 Å². The van der Waals surface area contributed by atoms with Gasteiger partial charge in [0.25, 0.3) is 0 Å². The summed E-state index contributed by atoms with van der Waals surface area (Å²) >= 11 is 5.71. The molecule has 8 heteroatoms. The minimum Gasteiger partial charge on any atom is -0.334 e. The Morgan fingerprint density at radius 2 is 2.10 bits per heavy atom. The summed E-state index contributed by atoms with van der Waals surface area (Å²) in [7, 11) is 0. The van der Waals surface area contributed by atoms with Crippen LogP contribution in [0.1, 0.15) is 0 Å².